The van der Waals surface area contributed by atoms with E-state index in [1.807, 2.05) is 0 Å². The highest BCUT2D eigenvalue weighted by Crippen LogP contribution is 2.54. The highest BCUT2D eigenvalue weighted by atomic mass is 16.4. The highest BCUT2D eigenvalue weighted by Gasteiger charge is 2.63. The summed E-state index contributed by atoms with van der Waals surface area (Å²) in [6, 6.07) is 3.44. The molecule has 6 N–H and O–H groups in total. The number of anilines is 1. The minimum absolute atomic E-state index is 0.0119. The summed E-state index contributed by atoms with van der Waals surface area (Å²) in [6.07, 6.45) is 0.633. The molecule has 0 radical (unpaired) electrons. The van der Waals surface area contributed by atoms with Crippen LogP contribution >= 0.6 is 0 Å². The van der Waals surface area contributed by atoms with Gasteiger partial charge in [-0.05, 0) is 56.6 Å². The van der Waals surface area contributed by atoms with Crippen molar-refractivity contribution in [3.63, 3.8) is 0 Å². The smallest absolute Gasteiger partial charge is 0.255 e. The van der Waals surface area contributed by atoms with Gasteiger partial charge in [0, 0.05) is 31.3 Å². The fourth-order valence-corrected chi connectivity index (χ4v) is 6.45. The Hall–Kier alpha value is -4.42. The number of benzene rings is 1. The number of carbonyl (C=O) groups excluding carboxylic acids is 4. The Morgan fingerprint density at radius 1 is 1.15 bits per heavy atom. The van der Waals surface area contributed by atoms with Gasteiger partial charge in [0.25, 0.3) is 5.91 Å². The Morgan fingerprint density at radius 2 is 1.82 bits per heavy atom. The number of hydrogen-bond donors (Lipinski definition) is 5. The van der Waals surface area contributed by atoms with Crippen molar-refractivity contribution in [2.45, 2.75) is 24.5 Å². The van der Waals surface area contributed by atoms with E-state index in [0.717, 1.165) is 0 Å². The van der Waals surface area contributed by atoms with Gasteiger partial charge in [-0.15, -0.1) is 0 Å². The number of allylic oxidation sites excluding steroid dienone is 1. The third-order valence-electron chi connectivity index (χ3n) is 8.19. The van der Waals surface area contributed by atoms with Gasteiger partial charge in [0.2, 0.25) is 5.78 Å². The number of aldehydes is 1. The molecular formula is C28H29N3O9. The number of phenolic OH excluding ortho intramolecular Hbond substituents is 1. The number of aliphatic hydroxyl groups is 3. The fourth-order valence-electron chi connectivity index (χ4n) is 6.45. The lowest BCUT2D eigenvalue weighted by Gasteiger charge is -2.50. The van der Waals surface area contributed by atoms with Crippen LogP contribution in [0.15, 0.2) is 45.3 Å². The molecule has 12 nitrogen and oxygen atoms in total. The van der Waals surface area contributed by atoms with Gasteiger partial charge in [-0.1, -0.05) is 0 Å². The van der Waals surface area contributed by atoms with Gasteiger partial charge in [-0.25, -0.2) is 0 Å². The van der Waals surface area contributed by atoms with Gasteiger partial charge in [0.1, 0.15) is 28.6 Å². The van der Waals surface area contributed by atoms with Crippen LogP contribution in [-0.4, -0.2) is 88.9 Å². The summed E-state index contributed by atoms with van der Waals surface area (Å²) >= 11 is 0. The Morgan fingerprint density at radius 3 is 2.38 bits per heavy atom. The first-order valence-electron chi connectivity index (χ1n) is 12.5. The van der Waals surface area contributed by atoms with Gasteiger partial charge < -0.3 is 35.5 Å². The summed E-state index contributed by atoms with van der Waals surface area (Å²) in [7, 11) is 6.64. The number of rotatable bonds is 5. The van der Waals surface area contributed by atoms with Crippen molar-refractivity contribution in [3.05, 3.63) is 57.8 Å². The second kappa shape index (κ2) is 9.07. The average molecular weight is 552 g/mol. The average Bonchev–Trinajstić information content (AvgIpc) is 3.35. The topological polar surface area (TPSA) is 195 Å². The van der Waals surface area contributed by atoms with E-state index in [0.29, 0.717) is 17.5 Å². The zero-order chi connectivity index (χ0) is 29.4. The molecule has 0 aliphatic heterocycles. The number of amides is 1. The highest BCUT2D eigenvalue weighted by molar-refractivity contribution is 6.25. The second-order valence-corrected chi connectivity index (χ2v) is 10.8. The molecule has 3 aliphatic carbocycles. The minimum atomic E-state index is -2.72. The summed E-state index contributed by atoms with van der Waals surface area (Å²) in [5, 5.41) is 45.4. The number of nitrogens with two attached hydrogens (primary N) is 1. The van der Waals surface area contributed by atoms with E-state index < -0.39 is 63.8 Å². The first kappa shape index (κ1) is 27.2. The summed E-state index contributed by atoms with van der Waals surface area (Å²) in [6.45, 7) is 0. The van der Waals surface area contributed by atoms with Crippen LogP contribution in [0.5, 0.6) is 5.75 Å². The molecule has 0 bridgehead atoms. The molecule has 210 valence electrons. The van der Waals surface area contributed by atoms with Crippen LogP contribution < -0.4 is 10.6 Å². The lowest BCUT2D eigenvalue weighted by Crippen LogP contribution is -2.63. The van der Waals surface area contributed by atoms with E-state index in [2.05, 4.69) is 0 Å². The largest absolute Gasteiger partial charge is 0.510 e. The molecule has 0 saturated carbocycles. The zero-order valence-corrected chi connectivity index (χ0v) is 22.3. The predicted octanol–water partition coefficient (Wildman–Crippen LogP) is 1.26. The van der Waals surface area contributed by atoms with E-state index in [9.17, 15) is 39.6 Å². The summed E-state index contributed by atoms with van der Waals surface area (Å²) in [4.78, 5) is 54.0. The predicted molar refractivity (Wildman–Crippen MR) is 141 cm³/mol. The van der Waals surface area contributed by atoms with Gasteiger partial charge in [0.05, 0.1) is 17.2 Å². The number of furan rings is 1. The molecule has 1 aromatic heterocycles. The fraction of sp³-hybridized carbons (Fsp3) is 0.357. The van der Waals surface area contributed by atoms with Gasteiger partial charge in [-0.3, -0.25) is 24.1 Å². The van der Waals surface area contributed by atoms with Crippen LogP contribution in [0.3, 0.4) is 0 Å². The first-order chi connectivity index (χ1) is 18.7. The molecule has 2 aromatic rings. The number of nitrogens with zero attached hydrogens (tertiary/aromatic N) is 2. The van der Waals surface area contributed by atoms with Crippen molar-refractivity contribution in [3.8, 4) is 17.1 Å². The normalized spacial score (nSPS) is 26.0. The van der Waals surface area contributed by atoms with Crippen molar-refractivity contribution in [1.29, 1.82) is 0 Å². The van der Waals surface area contributed by atoms with Gasteiger partial charge >= 0.3 is 0 Å². The van der Waals surface area contributed by atoms with E-state index >= 15 is 0 Å². The van der Waals surface area contributed by atoms with E-state index in [4.69, 9.17) is 10.2 Å². The van der Waals surface area contributed by atoms with E-state index in [-0.39, 0.29) is 41.1 Å². The number of fused-ring (bicyclic) bond motifs is 3. The molecule has 2 unspecified atom stereocenters. The molecule has 40 heavy (non-hydrogen) atoms. The number of likely N-dealkylation sites (N-methyl/N-ethyl adjacent to an activating group) is 1. The zero-order valence-electron chi connectivity index (χ0n) is 22.3. The van der Waals surface area contributed by atoms with Crippen molar-refractivity contribution in [2.75, 3.05) is 33.1 Å². The summed E-state index contributed by atoms with van der Waals surface area (Å²) in [5.74, 6) is -7.08. The molecule has 5 rings (SSSR count). The molecular weight excluding hydrogens is 522 g/mol. The van der Waals surface area contributed by atoms with Crippen LogP contribution in [0.1, 0.15) is 32.9 Å². The summed E-state index contributed by atoms with van der Waals surface area (Å²) in [5.41, 5.74) is 2.55. The van der Waals surface area contributed by atoms with Crippen molar-refractivity contribution in [1.82, 2.24) is 4.90 Å². The number of hydrogen-bond acceptors (Lipinski definition) is 11. The number of aromatic hydroxyl groups is 1. The van der Waals surface area contributed by atoms with Crippen LogP contribution in [0.25, 0.3) is 11.3 Å². The maximum absolute atomic E-state index is 14.1. The quantitative estimate of drug-likeness (QED) is 0.265. The van der Waals surface area contributed by atoms with Crippen molar-refractivity contribution >= 4 is 29.4 Å². The second-order valence-electron chi connectivity index (χ2n) is 10.8. The number of Topliss-reactive ketones (excluding diaryl/α,β-unsaturated/α-hetero) is 2. The molecule has 0 fully saturated rings. The third-order valence-corrected chi connectivity index (χ3v) is 8.19. The van der Waals surface area contributed by atoms with Crippen molar-refractivity contribution in [2.24, 2.45) is 17.6 Å². The SMILES string of the molecule is CN(C)c1cc(-c2ccc(C=O)o2)c(O)c2c1CC1CC3[C@H](N(C)C)C(O)=C(C(N)=O)C(=O)[C@@]3(O)C(O)=C1C2=O. The number of aliphatic hydroxyl groups excluding tert-OH is 2. The molecule has 1 amide bonds. The lowest BCUT2D eigenvalue weighted by molar-refractivity contribution is -0.148. The Kier molecular flexibility index (Phi) is 6.16. The number of carbonyl (C=O) groups is 4. The van der Waals surface area contributed by atoms with Gasteiger partial charge in [0.15, 0.2) is 23.4 Å². The Balaban J connectivity index is 1.75. The monoisotopic (exact) mass is 551 g/mol. The maximum Gasteiger partial charge on any atom is 0.255 e. The van der Waals surface area contributed by atoms with Crippen LogP contribution in [0.4, 0.5) is 5.69 Å². The summed E-state index contributed by atoms with van der Waals surface area (Å²) < 4.78 is 5.49. The molecule has 0 saturated heterocycles. The van der Waals surface area contributed by atoms with Gasteiger partial charge in [-0.2, -0.15) is 0 Å². The molecule has 0 spiro atoms. The minimum Gasteiger partial charge on any atom is -0.510 e. The molecule has 4 atom stereocenters. The third kappa shape index (κ3) is 3.52. The number of ketones is 2. The van der Waals surface area contributed by atoms with Crippen molar-refractivity contribution < 1.29 is 44.0 Å². The molecule has 1 aromatic carbocycles. The standard InChI is InChI=1S/C28H29N3O9/c1-30(2)16-9-14(17-6-5-12(10-32)40-17)22(33)19-13(16)7-11-8-15-21(31(3)4)24(35)20(27(29)38)26(37)28(15,39)25(36)18(11)23(19)34/h5-6,9-11,15,21,33,35-36,39H,7-8H2,1-4H3,(H2,29,38)/t11?,15?,21-,28-/m0/s1. The maximum atomic E-state index is 14.1. The first-order valence-corrected chi connectivity index (χ1v) is 12.5. The van der Waals surface area contributed by atoms with E-state index in [1.54, 1.807) is 39.2 Å². The lowest BCUT2D eigenvalue weighted by atomic mass is 9.58. The molecule has 12 heteroatoms. The van der Waals surface area contributed by atoms with Crippen LogP contribution in [0.2, 0.25) is 0 Å². The Bertz CT molecular complexity index is 1560. The van der Waals surface area contributed by atoms with Crippen LogP contribution in [0, 0.1) is 11.8 Å². The Labute approximate surface area is 228 Å². The van der Waals surface area contributed by atoms with Crippen LogP contribution in [-0.2, 0) is 16.0 Å². The number of primary amides is 1. The van der Waals surface area contributed by atoms with E-state index in [1.165, 1.54) is 17.0 Å². The number of phenols is 1. The molecule has 1 heterocycles. The molecule has 3 aliphatic rings.